The van der Waals surface area contributed by atoms with Crippen LogP contribution >= 0.6 is 23.2 Å². The molecular formula is C31H36Cl2N4O4. The molecule has 0 bridgehead atoms. The number of fused-ring (bicyclic) bond motifs is 1. The number of benzene rings is 2. The van der Waals surface area contributed by atoms with Gasteiger partial charge in [-0.05, 0) is 74.6 Å². The zero-order valence-corrected chi connectivity index (χ0v) is 24.9. The first kappa shape index (κ1) is 29.7. The van der Waals surface area contributed by atoms with E-state index in [1.165, 1.54) is 0 Å². The first-order chi connectivity index (χ1) is 19.9. The van der Waals surface area contributed by atoms with Crippen molar-refractivity contribution in [2.45, 2.75) is 44.3 Å². The third-order valence-corrected chi connectivity index (χ3v) is 8.97. The first-order valence-corrected chi connectivity index (χ1v) is 14.7. The number of carbonyl (C=O) groups excluding carboxylic acids is 1. The molecule has 2 aromatic carbocycles. The summed E-state index contributed by atoms with van der Waals surface area (Å²) >= 11 is 13.0. The van der Waals surface area contributed by atoms with Gasteiger partial charge < -0.3 is 19.3 Å². The lowest BCUT2D eigenvalue weighted by atomic mass is 10.0. The number of aliphatic hydroxyl groups excluding tert-OH is 1. The minimum Gasteiger partial charge on any atom is -0.400 e. The van der Waals surface area contributed by atoms with Gasteiger partial charge in [0.2, 0.25) is 0 Å². The highest BCUT2D eigenvalue weighted by Gasteiger charge is 2.42. The molecule has 2 heterocycles. The highest BCUT2D eigenvalue weighted by Crippen LogP contribution is 2.47. The van der Waals surface area contributed by atoms with E-state index in [1.807, 2.05) is 30.3 Å². The summed E-state index contributed by atoms with van der Waals surface area (Å²) in [6.07, 6.45) is 5.36. The molecule has 0 amide bonds. The van der Waals surface area contributed by atoms with Crippen LogP contribution in [0.25, 0.3) is 11.3 Å². The molecule has 8 nitrogen and oxygen atoms in total. The van der Waals surface area contributed by atoms with Crippen molar-refractivity contribution in [3.8, 4) is 11.3 Å². The summed E-state index contributed by atoms with van der Waals surface area (Å²) in [4.78, 5) is 19.9. The van der Waals surface area contributed by atoms with Crippen molar-refractivity contribution in [2.24, 2.45) is 16.8 Å². The molecule has 218 valence electrons. The fourth-order valence-electron chi connectivity index (χ4n) is 6.28. The summed E-state index contributed by atoms with van der Waals surface area (Å²) in [6.45, 7) is 7.02. The Morgan fingerprint density at radius 1 is 1.17 bits per heavy atom. The maximum absolute atomic E-state index is 11.1. The molecule has 10 heteroatoms. The molecule has 2 saturated carbocycles. The fraction of sp³-hybridized carbons (Fsp3) is 0.452. The van der Waals surface area contributed by atoms with E-state index in [9.17, 15) is 4.79 Å². The van der Waals surface area contributed by atoms with Crippen LogP contribution in [0.3, 0.4) is 0 Å². The van der Waals surface area contributed by atoms with Crippen molar-refractivity contribution in [1.82, 2.24) is 10.1 Å². The van der Waals surface area contributed by atoms with Crippen LogP contribution in [0.5, 0.6) is 0 Å². The second-order valence-electron chi connectivity index (χ2n) is 11.1. The Hall–Kier alpha value is -2.75. The van der Waals surface area contributed by atoms with Gasteiger partial charge >= 0.3 is 0 Å². The number of aromatic nitrogens is 1. The number of rotatable bonds is 10. The van der Waals surface area contributed by atoms with E-state index in [0.29, 0.717) is 51.2 Å². The Labute approximate surface area is 250 Å². The van der Waals surface area contributed by atoms with Crippen molar-refractivity contribution in [3.63, 3.8) is 0 Å². The Morgan fingerprint density at radius 2 is 1.85 bits per heavy atom. The fourth-order valence-corrected chi connectivity index (χ4v) is 6.86. The molecule has 0 spiro atoms. The SMILES string of the molecule is C=Nc1cc(C=O)ccc1N(C)CN1C[C@H]2CC(OCc3c(-c4c(Cl)cccc4Cl)noc3C3CC3)C[C@H]2C1.CO. The number of likely N-dealkylation sites (tertiary alicyclic amines) is 1. The van der Waals surface area contributed by atoms with Crippen molar-refractivity contribution in [3.05, 3.63) is 63.3 Å². The lowest BCUT2D eigenvalue weighted by Gasteiger charge is -2.28. The molecule has 3 aliphatic rings. The van der Waals surface area contributed by atoms with Gasteiger partial charge in [-0.1, -0.05) is 34.4 Å². The van der Waals surface area contributed by atoms with Crippen molar-refractivity contribution >= 4 is 47.6 Å². The third-order valence-electron chi connectivity index (χ3n) is 8.34. The van der Waals surface area contributed by atoms with Gasteiger partial charge in [-0.25, -0.2) is 0 Å². The summed E-state index contributed by atoms with van der Waals surface area (Å²) < 4.78 is 12.3. The zero-order chi connectivity index (χ0) is 29.1. The molecule has 1 saturated heterocycles. The number of hydrogen-bond donors (Lipinski definition) is 1. The van der Waals surface area contributed by atoms with E-state index in [2.05, 4.69) is 33.7 Å². The summed E-state index contributed by atoms with van der Waals surface area (Å²) in [5.74, 6) is 2.55. The highest BCUT2D eigenvalue weighted by atomic mass is 35.5. The van der Waals surface area contributed by atoms with Crippen molar-refractivity contribution in [1.29, 1.82) is 0 Å². The van der Waals surface area contributed by atoms with Gasteiger partial charge in [0.05, 0.1) is 40.8 Å². The van der Waals surface area contributed by atoms with Crippen LogP contribution in [0.4, 0.5) is 11.4 Å². The molecular weight excluding hydrogens is 563 g/mol. The van der Waals surface area contributed by atoms with Crippen LogP contribution in [0.2, 0.25) is 10.0 Å². The second-order valence-corrected chi connectivity index (χ2v) is 11.9. The minimum atomic E-state index is 0.212. The lowest BCUT2D eigenvalue weighted by molar-refractivity contribution is 0.0371. The van der Waals surface area contributed by atoms with Crippen molar-refractivity contribution < 1.29 is 19.2 Å². The van der Waals surface area contributed by atoms with Gasteiger partial charge in [-0.3, -0.25) is 14.7 Å². The Bertz CT molecular complexity index is 1360. The van der Waals surface area contributed by atoms with Crippen LogP contribution in [-0.2, 0) is 11.3 Å². The predicted octanol–water partition coefficient (Wildman–Crippen LogP) is 6.60. The smallest absolute Gasteiger partial charge is 0.150 e. The van der Waals surface area contributed by atoms with E-state index < -0.39 is 0 Å². The molecule has 2 aliphatic carbocycles. The minimum absolute atomic E-state index is 0.212. The van der Waals surface area contributed by atoms with Crippen LogP contribution in [0.1, 0.15) is 53.3 Å². The van der Waals surface area contributed by atoms with E-state index in [-0.39, 0.29) is 6.10 Å². The van der Waals surface area contributed by atoms with E-state index in [4.69, 9.17) is 37.6 Å². The summed E-state index contributed by atoms with van der Waals surface area (Å²) in [5.41, 5.74) is 4.72. The molecule has 41 heavy (non-hydrogen) atoms. The first-order valence-electron chi connectivity index (χ1n) is 13.9. The van der Waals surface area contributed by atoms with E-state index >= 15 is 0 Å². The molecule has 3 aromatic rings. The molecule has 1 N–H and O–H groups in total. The molecule has 6 rings (SSSR count). The molecule has 1 aromatic heterocycles. The van der Waals surface area contributed by atoms with E-state index in [1.54, 1.807) is 6.07 Å². The average Bonchev–Trinajstić information content (AvgIpc) is 3.48. The zero-order valence-electron chi connectivity index (χ0n) is 23.4. The van der Waals surface area contributed by atoms with E-state index in [0.717, 1.165) is 81.5 Å². The van der Waals surface area contributed by atoms with Crippen LogP contribution in [0.15, 0.2) is 45.9 Å². The number of ether oxygens (including phenoxy) is 1. The summed E-state index contributed by atoms with van der Waals surface area (Å²) in [7, 11) is 3.06. The lowest BCUT2D eigenvalue weighted by Crippen LogP contribution is -2.35. The van der Waals surface area contributed by atoms with Crippen LogP contribution in [0, 0.1) is 11.8 Å². The largest absolute Gasteiger partial charge is 0.400 e. The topological polar surface area (TPSA) is 91.4 Å². The number of nitrogens with zero attached hydrogens (tertiary/aromatic N) is 4. The second kappa shape index (κ2) is 13.0. The highest BCUT2D eigenvalue weighted by molar-refractivity contribution is 6.39. The monoisotopic (exact) mass is 598 g/mol. The van der Waals surface area contributed by atoms with Gasteiger partial charge in [0.1, 0.15) is 17.7 Å². The van der Waals surface area contributed by atoms with Gasteiger partial charge in [0.15, 0.2) is 0 Å². The maximum Gasteiger partial charge on any atom is 0.150 e. The number of halogens is 2. The molecule has 1 unspecified atom stereocenters. The molecule has 3 atom stereocenters. The Balaban J connectivity index is 0.00000165. The van der Waals surface area contributed by atoms with Gasteiger partial charge in [-0.15, -0.1) is 0 Å². The van der Waals surface area contributed by atoms with Crippen molar-refractivity contribution in [2.75, 3.05) is 38.8 Å². The van der Waals surface area contributed by atoms with Crippen LogP contribution in [-0.4, -0.2) is 68.2 Å². The molecule has 3 fully saturated rings. The number of aliphatic imine (C=N–C) groups is 1. The number of aliphatic hydroxyl groups is 1. The van der Waals surface area contributed by atoms with Gasteiger partial charge in [-0.2, -0.15) is 0 Å². The quantitative estimate of drug-likeness (QED) is 0.207. The standard InChI is InChI=1S/C30H32Cl2N4O3.CH4O/c1-33-26-10-18(15-37)6-9-27(26)35(2)17-36-13-20-11-22(12-21(20)14-36)38-16-23-29(34-39-30(23)19-7-8-19)28-24(31)4-3-5-25(28)32;1-2/h3-6,9-10,15,19-22H,1,7-8,11-14,16-17H2,2H3;2H,1H3/t20-,21+,22?;. The summed E-state index contributed by atoms with van der Waals surface area (Å²) in [6, 6.07) is 11.0. The maximum atomic E-state index is 11.1. The number of hydrogen-bond acceptors (Lipinski definition) is 8. The number of carbonyl (C=O) groups is 1. The predicted molar refractivity (Wildman–Crippen MR) is 163 cm³/mol. The van der Waals surface area contributed by atoms with Gasteiger partial charge in [0, 0.05) is 49.9 Å². The molecule has 1 aliphatic heterocycles. The third kappa shape index (κ3) is 6.37. The number of anilines is 1. The Kier molecular flexibility index (Phi) is 9.46. The number of aldehydes is 1. The van der Waals surface area contributed by atoms with Crippen LogP contribution < -0.4 is 4.90 Å². The summed E-state index contributed by atoms with van der Waals surface area (Å²) in [5, 5.41) is 12.5. The normalized spacial score (nSPS) is 21.7. The average molecular weight is 600 g/mol. The Morgan fingerprint density at radius 3 is 2.46 bits per heavy atom. The van der Waals surface area contributed by atoms with Gasteiger partial charge in [0.25, 0.3) is 0 Å². The molecule has 0 radical (unpaired) electrons.